The van der Waals surface area contributed by atoms with Crippen LogP contribution >= 0.6 is 0 Å². The van der Waals surface area contributed by atoms with Crippen molar-refractivity contribution in [2.75, 3.05) is 6.61 Å². The summed E-state index contributed by atoms with van der Waals surface area (Å²) in [6.45, 7) is 3.39. The van der Waals surface area contributed by atoms with Crippen LogP contribution in [0.3, 0.4) is 0 Å². The van der Waals surface area contributed by atoms with Crippen molar-refractivity contribution in [3.8, 4) is 17.2 Å². The van der Waals surface area contributed by atoms with E-state index in [0.29, 0.717) is 13.2 Å². The first-order chi connectivity index (χ1) is 25.3. The van der Waals surface area contributed by atoms with Gasteiger partial charge in [-0.3, -0.25) is 9.97 Å². The molecule has 0 radical (unpaired) electrons. The van der Waals surface area contributed by atoms with Crippen molar-refractivity contribution >= 4 is 21.0 Å². The second-order valence-corrected chi connectivity index (χ2v) is 15.2. The molecule has 0 aliphatic carbocycles. The van der Waals surface area contributed by atoms with Crippen LogP contribution in [0.1, 0.15) is 29.8 Å². The number of aromatic nitrogens is 2. The van der Waals surface area contributed by atoms with E-state index in [9.17, 15) is 13.0 Å². The Kier molecular flexibility index (Phi) is 12.5. The molecule has 0 N–H and O–H groups in total. The lowest BCUT2D eigenvalue weighted by Gasteiger charge is -2.14. The van der Waals surface area contributed by atoms with E-state index in [-0.39, 0.29) is 11.2 Å². The van der Waals surface area contributed by atoms with Gasteiger partial charge < -0.3 is 23.5 Å². The SMILES string of the molecule is Cc1ccc(S(=O)(=O)[O-])cc1.c1ccc(COc2cccc([S+](c3ccc(OC4CCCO4)cc3)c3cccc(OCc4ccccn4)c3)c2)nc1. The Labute approximate surface area is 307 Å². The van der Waals surface area contributed by atoms with Crippen LogP contribution in [-0.2, 0) is 39.0 Å². The van der Waals surface area contributed by atoms with Crippen molar-refractivity contribution in [1.29, 1.82) is 0 Å². The first kappa shape index (κ1) is 36.6. The molecule has 9 nitrogen and oxygen atoms in total. The molecule has 11 heteroatoms. The van der Waals surface area contributed by atoms with Gasteiger partial charge in [0.2, 0.25) is 0 Å². The Balaban J connectivity index is 0.000000362. The average Bonchev–Trinajstić information content (AvgIpc) is 3.68. The van der Waals surface area contributed by atoms with Crippen LogP contribution in [0.4, 0.5) is 0 Å². The maximum absolute atomic E-state index is 10.4. The molecule has 1 atom stereocenters. The fourth-order valence-corrected chi connectivity index (χ4v) is 7.82. The summed E-state index contributed by atoms with van der Waals surface area (Å²) in [5.74, 6) is 2.40. The van der Waals surface area contributed by atoms with E-state index in [1.807, 2.05) is 79.7 Å². The zero-order valence-electron chi connectivity index (χ0n) is 28.5. The summed E-state index contributed by atoms with van der Waals surface area (Å²) in [5, 5.41) is 0. The van der Waals surface area contributed by atoms with E-state index >= 15 is 0 Å². The smallest absolute Gasteiger partial charge is 0.199 e. The topological polar surface area (TPSA) is 120 Å². The molecule has 1 aliphatic heterocycles. The van der Waals surface area contributed by atoms with Gasteiger partial charge in [-0.1, -0.05) is 42.0 Å². The van der Waals surface area contributed by atoms with Crippen molar-refractivity contribution in [2.45, 2.75) is 58.9 Å². The lowest BCUT2D eigenvalue weighted by atomic mass is 10.2. The summed E-state index contributed by atoms with van der Waals surface area (Å²) in [6.07, 6.45) is 5.34. The van der Waals surface area contributed by atoms with Crippen LogP contribution in [-0.4, -0.2) is 35.8 Å². The fraction of sp³-hybridized carbons (Fsp3) is 0.171. The van der Waals surface area contributed by atoms with Gasteiger partial charge in [0, 0.05) is 30.9 Å². The summed E-state index contributed by atoms with van der Waals surface area (Å²) in [4.78, 5) is 12.0. The first-order valence-corrected chi connectivity index (χ1v) is 19.3. The molecule has 0 saturated carbocycles. The minimum atomic E-state index is -4.27. The standard InChI is InChI=1S/C34H31N2O4S.C7H8O3S/c1-3-19-35-26(8-1)24-38-29-10-5-12-32(22-29)41(31-17-15-28(16-18-31)40-34-14-7-21-37-34)33-13-6-11-30(23-33)39-25-27-9-2-4-20-36-27;1-6-2-4-7(5-3-6)11(8,9)10/h1-6,8-13,15-20,22-23,34H,7,14,21,24-25H2;2-5H,1H3,(H,8,9,10)/q+1;/p-1. The second-order valence-electron chi connectivity index (χ2n) is 11.8. The predicted octanol–water partition coefficient (Wildman–Crippen LogP) is 8.14. The molecule has 0 amide bonds. The summed E-state index contributed by atoms with van der Waals surface area (Å²) < 4.78 is 55.1. The molecule has 0 spiro atoms. The van der Waals surface area contributed by atoms with E-state index in [0.717, 1.165) is 68.3 Å². The van der Waals surface area contributed by atoms with Crippen LogP contribution < -0.4 is 14.2 Å². The van der Waals surface area contributed by atoms with Gasteiger partial charge in [0.15, 0.2) is 21.0 Å². The zero-order valence-corrected chi connectivity index (χ0v) is 30.2. The molecule has 1 aliphatic rings. The minimum Gasteiger partial charge on any atom is -0.744 e. The van der Waals surface area contributed by atoms with Crippen LogP contribution in [0.15, 0.2) is 165 Å². The monoisotopic (exact) mass is 734 g/mol. The normalized spacial score (nSPS) is 13.9. The number of aryl methyl sites for hydroxylation is 1. The Morgan fingerprint density at radius 1 is 0.692 bits per heavy atom. The van der Waals surface area contributed by atoms with Gasteiger partial charge in [-0.05, 0) is 98.3 Å². The molecular weight excluding hydrogens is 697 g/mol. The largest absolute Gasteiger partial charge is 0.744 e. The fourth-order valence-electron chi connectivity index (χ4n) is 5.22. The van der Waals surface area contributed by atoms with Gasteiger partial charge in [0.05, 0.1) is 33.8 Å². The van der Waals surface area contributed by atoms with E-state index in [1.54, 1.807) is 24.5 Å². The molecular formula is C41H38N2O7S2. The van der Waals surface area contributed by atoms with E-state index in [1.165, 1.54) is 12.1 Å². The molecule has 2 aromatic heterocycles. The molecule has 1 saturated heterocycles. The van der Waals surface area contributed by atoms with Gasteiger partial charge in [-0.2, -0.15) is 0 Å². The van der Waals surface area contributed by atoms with E-state index < -0.39 is 21.0 Å². The van der Waals surface area contributed by atoms with Crippen LogP contribution in [0.2, 0.25) is 0 Å². The molecule has 266 valence electrons. The van der Waals surface area contributed by atoms with Gasteiger partial charge in [-0.15, -0.1) is 0 Å². The van der Waals surface area contributed by atoms with Crippen molar-refractivity contribution < 1.29 is 31.9 Å². The van der Waals surface area contributed by atoms with E-state index in [4.69, 9.17) is 18.9 Å². The Hall–Kier alpha value is -5.20. The number of hydrogen-bond donors (Lipinski definition) is 0. The Morgan fingerprint density at radius 2 is 1.27 bits per heavy atom. The molecule has 52 heavy (non-hydrogen) atoms. The van der Waals surface area contributed by atoms with Gasteiger partial charge in [-0.25, -0.2) is 8.42 Å². The van der Waals surface area contributed by atoms with Crippen molar-refractivity contribution in [1.82, 2.24) is 9.97 Å². The zero-order chi connectivity index (χ0) is 36.2. The van der Waals surface area contributed by atoms with Gasteiger partial charge in [0.1, 0.15) is 40.6 Å². The number of rotatable bonds is 12. The third kappa shape index (κ3) is 10.7. The van der Waals surface area contributed by atoms with Crippen LogP contribution in [0, 0.1) is 6.92 Å². The van der Waals surface area contributed by atoms with Crippen LogP contribution in [0.5, 0.6) is 17.2 Å². The molecule has 7 rings (SSSR count). The van der Waals surface area contributed by atoms with Crippen LogP contribution in [0.25, 0.3) is 0 Å². The highest BCUT2D eigenvalue weighted by Gasteiger charge is 2.30. The lowest BCUT2D eigenvalue weighted by Crippen LogP contribution is -2.14. The second kappa shape index (κ2) is 17.8. The highest BCUT2D eigenvalue weighted by Crippen LogP contribution is 2.36. The molecule has 3 heterocycles. The Morgan fingerprint density at radius 3 is 1.75 bits per heavy atom. The molecule has 6 aromatic rings. The number of hydrogen-bond acceptors (Lipinski definition) is 9. The molecule has 1 unspecified atom stereocenters. The third-order valence-corrected chi connectivity index (χ3v) is 10.9. The molecule has 4 aromatic carbocycles. The Bertz CT molecular complexity index is 2020. The quantitative estimate of drug-likeness (QED) is 0.0907. The summed E-state index contributed by atoms with van der Waals surface area (Å²) in [5.41, 5.74) is 2.70. The number of nitrogens with zero attached hydrogens (tertiary/aromatic N) is 2. The van der Waals surface area contributed by atoms with Crippen molar-refractivity contribution in [2.24, 2.45) is 0 Å². The third-order valence-electron chi connectivity index (χ3n) is 7.83. The number of ether oxygens (including phenoxy) is 4. The van der Waals surface area contributed by atoms with E-state index in [2.05, 4.69) is 46.4 Å². The average molecular weight is 735 g/mol. The molecule has 0 bridgehead atoms. The van der Waals surface area contributed by atoms with Gasteiger partial charge >= 0.3 is 0 Å². The lowest BCUT2D eigenvalue weighted by molar-refractivity contribution is -0.0390. The highest BCUT2D eigenvalue weighted by atomic mass is 32.2. The van der Waals surface area contributed by atoms with Gasteiger partial charge in [0.25, 0.3) is 0 Å². The highest BCUT2D eigenvalue weighted by molar-refractivity contribution is 7.97. The first-order valence-electron chi connectivity index (χ1n) is 16.7. The maximum Gasteiger partial charge on any atom is 0.199 e. The maximum atomic E-state index is 10.4. The summed E-state index contributed by atoms with van der Waals surface area (Å²) in [7, 11) is -4.69. The number of benzene rings is 4. The predicted molar refractivity (Wildman–Crippen MR) is 197 cm³/mol. The summed E-state index contributed by atoms with van der Waals surface area (Å²) in [6, 6.07) is 42.4. The van der Waals surface area contributed by atoms with Crippen molar-refractivity contribution in [3.63, 3.8) is 0 Å². The minimum absolute atomic E-state index is 0.167. The number of pyridine rings is 2. The van der Waals surface area contributed by atoms with Crippen molar-refractivity contribution in [3.05, 3.63) is 163 Å². The summed E-state index contributed by atoms with van der Waals surface area (Å²) >= 11 is 0. The molecule has 1 fully saturated rings.